The van der Waals surface area contributed by atoms with E-state index in [1.807, 2.05) is 6.07 Å². The van der Waals surface area contributed by atoms with Gasteiger partial charge in [-0.1, -0.05) is 34.1 Å². The van der Waals surface area contributed by atoms with E-state index in [1.54, 1.807) is 28.6 Å². The minimum Gasteiger partial charge on any atom is -0.207 e. The van der Waals surface area contributed by atoms with Crippen molar-refractivity contribution in [3.8, 4) is 0 Å². The van der Waals surface area contributed by atoms with E-state index in [1.165, 1.54) is 0 Å². The molecule has 1 unspecified atom stereocenters. The Hall–Kier alpha value is -0.390. The van der Waals surface area contributed by atoms with Crippen molar-refractivity contribution >= 4 is 26.0 Å². The summed E-state index contributed by atoms with van der Waals surface area (Å²) in [7, 11) is -3.29. The van der Waals surface area contributed by atoms with Gasteiger partial charge in [0, 0.05) is 18.4 Å². The van der Waals surface area contributed by atoms with Crippen molar-refractivity contribution in [3.63, 3.8) is 0 Å². The summed E-state index contributed by atoms with van der Waals surface area (Å²) < 4.78 is 26.3. The Morgan fingerprint density at radius 1 is 1.29 bits per heavy atom. The number of halogens is 1. The lowest BCUT2D eigenvalue weighted by Crippen LogP contribution is -2.40. The third-order valence-corrected chi connectivity index (χ3v) is 5.88. The highest BCUT2D eigenvalue weighted by molar-refractivity contribution is 9.09. The first kappa shape index (κ1) is 13.1. The van der Waals surface area contributed by atoms with Crippen molar-refractivity contribution < 1.29 is 8.42 Å². The standard InChI is InChI=1S/C12H16BrNO2S/c13-9-11-5-4-8-14(10-11)17(15,16)12-6-2-1-3-7-12/h1-3,6-7,11H,4-5,8-10H2. The van der Waals surface area contributed by atoms with Gasteiger partial charge in [0.05, 0.1) is 4.90 Å². The first-order chi connectivity index (χ1) is 8.14. The molecule has 0 aromatic heterocycles. The van der Waals surface area contributed by atoms with Gasteiger partial charge in [0.1, 0.15) is 0 Å². The fourth-order valence-electron chi connectivity index (χ4n) is 2.11. The average molecular weight is 318 g/mol. The van der Waals surface area contributed by atoms with Crippen molar-refractivity contribution in [1.82, 2.24) is 4.31 Å². The summed E-state index contributed by atoms with van der Waals surface area (Å²) in [4.78, 5) is 0.398. The lowest BCUT2D eigenvalue weighted by molar-refractivity contribution is 0.285. The van der Waals surface area contributed by atoms with Crippen LogP contribution in [-0.4, -0.2) is 31.1 Å². The molecule has 1 saturated heterocycles. The monoisotopic (exact) mass is 317 g/mol. The number of piperidine rings is 1. The molecule has 1 fully saturated rings. The second kappa shape index (κ2) is 5.50. The van der Waals surface area contributed by atoms with Gasteiger partial charge < -0.3 is 0 Å². The van der Waals surface area contributed by atoms with Crippen molar-refractivity contribution in [2.24, 2.45) is 5.92 Å². The SMILES string of the molecule is O=S(=O)(c1ccccc1)N1CCCC(CBr)C1. The summed E-state index contributed by atoms with van der Waals surface area (Å²) in [6.45, 7) is 1.27. The molecule has 5 heteroatoms. The van der Waals surface area contributed by atoms with E-state index in [2.05, 4.69) is 15.9 Å². The molecule has 1 aromatic rings. The molecule has 0 saturated carbocycles. The zero-order valence-electron chi connectivity index (χ0n) is 9.55. The van der Waals surface area contributed by atoms with E-state index in [9.17, 15) is 8.42 Å². The van der Waals surface area contributed by atoms with E-state index < -0.39 is 10.0 Å². The molecule has 94 valence electrons. The molecule has 1 aliphatic rings. The summed E-state index contributed by atoms with van der Waals surface area (Å²) in [5.74, 6) is 0.433. The third-order valence-electron chi connectivity index (χ3n) is 3.08. The Kier molecular flexibility index (Phi) is 4.22. The molecule has 0 radical (unpaired) electrons. The van der Waals surface area contributed by atoms with Crippen LogP contribution in [0.2, 0.25) is 0 Å². The maximum atomic E-state index is 12.4. The van der Waals surface area contributed by atoms with Crippen molar-refractivity contribution in [2.75, 3.05) is 18.4 Å². The number of benzene rings is 1. The van der Waals surface area contributed by atoms with Crippen molar-refractivity contribution in [2.45, 2.75) is 17.7 Å². The van der Waals surface area contributed by atoms with Crippen LogP contribution in [0.15, 0.2) is 35.2 Å². The minimum absolute atomic E-state index is 0.398. The number of hydrogen-bond acceptors (Lipinski definition) is 2. The largest absolute Gasteiger partial charge is 0.243 e. The van der Waals surface area contributed by atoms with Crippen LogP contribution in [0.25, 0.3) is 0 Å². The minimum atomic E-state index is -3.29. The van der Waals surface area contributed by atoms with Crippen LogP contribution in [0.3, 0.4) is 0 Å². The quantitative estimate of drug-likeness (QED) is 0.803. The highest BCUT2D eigenvalue weighted by Gasteiger charge is 2.29. The molecule has 1 heterocycles. The predicted octanol–water partition coefficient (Wildman–Crippen LogP) is 2.48. The molecule has 0 bridgehead atoms. The van der Waals surface area contributed by atoms with E-state index in [0.29, 0.717) is 23.9 Å². The van der Waals surface area contributed by atoms with Gasteiger partial charge in [0.25, 0.3) is 0 Å². The molecule has 2 rings (SSSR count). The van der Waals surface area contributed by atoms with Crippen molar-refractivity contribution in [1.29, 1.82) is 0 Å². The van der Waals surface area contributed by atoms with Crippen LogP contribution in [0, 0.1) is 5.92 Å². The fourth-order valence-corrected chi connectivity index (χ4v) is 4.22. The molecular weight excluding hydrogens is 302 g/mol. The number of alkyl halides is 1. The lowest BCUT2D eigenvalue weighted by atomic mass is 10.0. The molecule has 0 N–H and O–H groups in total. The van der Waals surface area contributed by atoms with E-state index in [4.69, 9.17) is 0 Å². The van der Waals surface area contributed by atoms with E-state index >= 15 is 0 Å². The zero-order valence-corrected chi connectivity index (χ0v) is 12.0. The van der Waals surface area contributed by atoms with E-state index in [-0.39, 0.29) is 0 Å². The molecule has 1 aromatic carbocycles. The average Bonchev–Trinajstić information content (AvgIpc) is 2.40. The summed E-state index contributed by atoms with van der Waals surface area (Å²) in [5, 5.41) is 0.869. The lowest BCUT2D eigenvalue weighted by Gasteiger charge is -2.30. The Morgan fingerprint density at radius 2 is 2.00 bits per heavy atom. The number of rotatable bonds is 3. The molecule has 1 aliphatic heterocycles. The van der Waals surface area contributed by atoms with Gasteiger partial charge in [-0.3, -0.25) is 0 Å². The van der Waals surface area contributed by atoms with Crippen LogP contribution in [0.1, 0.15) is 12.8 Å². The maximum Gasteiger partial charge on any atom is 0.243 e. The van der Waals surface area contributed by atoms with Gasteiger partial charge in [-0.15, -0.1) is 0 Å². The van der Waals surface area contributed by atoms with E-state index in [0.717, 1.165) is 18.2 Å². The summed E-state index contributed by atoms with van der Waals surface area (Å²) in [6, 6.07) is 8.67. The first-order valence-corrected chi connectivity index (χ1v) is 8.32. The molecule has 1 atom stereocenters. The summed E-state index contributed by atoms with van der Waals surface area (Å²) >= 11 is 3.44. The highest BCUT2D eigenvalue weighted by atomic mass is 79.9. The second-order valence-electron chi connectivity index (χ2n) is 4.34. The third kappa shape index (κ3) is 2.89. The van der Waals surface area contributed by atoms with Gasteiger partial charge in [-0.2, -0.15) is 4.31 Å². The predicted molar refractivity (Wildman–Crippen MR) is 71.7 cm³/mol. The first-order valence-electron chi connectivity index (χ1n) is 5.76. The normalized spacial score (nSPS) is 22.5. The van der Waals surface area contributed by atoms with Crippen LogP contribution in [0.4, 0.5) is 0 Å². The van der Waals surface area contributed by atoms with Crippen LogP contribution in [0.5, 0.6) is 0 Å². The van der Waals surface area contributed by atoms with Gasteiger partial charge in [-0.05, 0) is 30.9 Å². The molecule has 0 spiro atoms. The Labute approximate surface area is 111 Å². The Bertz CT molecular complexity index is 461. The van der Waals surface area contributed by atoms with Gasteiger partial charge in [0.15, 0.2) is 0 Å². The Balaban J connectivity index is 2.21. The fraction of sp³-hybridized carbons (Fsp3) is 0.500. The summed E-state index contributed by atoms with van der Waals surface area (Å²) in [6.07, 6.45) is 2.05. The van der Waals surface area contributed by atoms with Crippen LogP contribution < -0.4 is 0 Å². The molecule has 0 amide bonds. The molecular formula is C12H16BrNO2S. The smallest absolute Gasteiger partial charge is 0.207 e. The molecule has 17 heavy (non-hydrogen) atoms. The topological polar surface area (TPSA) is 37.4 Å². The second-order valence-corrected chi connectivity index (χ2v) is 6.92. The number of hydrogen-bond donors (Lipinski definition) is 0. The number of sulfonamides is 1. The van der Waals surface area contributed by atoms with Crippen LogP contribution in [-0.2, 0) is 10.0 Å². The van der Waals surface area contributed by atoms with Gasteiger partial charge in [0.2, 0.25) is 10.0 Å². The number of nitrogens with zero attached hydrogens (tertiary/aromatic N) is 1. The van der Waals surface area contributed by atoms with Crippen LogP contribution >= 0.6 is 15.9 Å². The van der Waals surface area contributed by atoms with Gasteiger partial charge in [-0.25, -0.2) is 8.42 Å². The molecule has 3 nitrogen and oxygen atoms in total. The molecule has 0 aliphatic carbocycles. The van der Waals surface area contributed by atoms with Crippen molar-refractivity contribution in [3.05, 3.63) is 30.3 Å². The Morgan fingerprint density at radius 3 is 2.65 bits per heavy atom. The zero-order chi connectivity index (χ0) is 12.3. The summed E-state index contributed by atoms with van der Waals surface area (Å²) in [5.41, 5.74) is 0. The maximum absolute atomic E-state index is 12.4. The highest BCUT2D eigenvalue weighted by Crippen LogP contribution is 2.24. The van der Waals surface area contributed by atoms with Gasteiger partial charge >= 0.3 is 0 Å².